The number of rotatable bonds is 9. The zero-order chi connectivity index (χ0) is 26.9. The SMILES string of the molecule is CCN(CC)Cc1cc(N(C)C)c2c(c1O)C(=O)C[C@H](C[C@H]1CC(=O)C(C(N)=O)C(=O)[C@@]1(O)CO)C2. The van der Waals surface area contributed by atoms with E-state index in [1.165, 1.54) is 0 Å². The molecule has 1 saturated carbocycles. The van der Waals surface area contributed by atoms with Gasteiger partial charge in [-0.1, -0.05) is 13.8 Å². The monoisotopic (exact) mass is 503 g/mol. The van der Waals surface area contributed by atoms with Crippen molar-refractivity contribution in [2.75, 3.05) is 38.7 Å². The molecular formula is C26H37N3O7. The topological polar surface area (TPSA) is 161 Å². The molecule has 5 N–H and O–H groups in total. The summed E-state index contributed by atoms with van der Waals surface area (Å²) in [5.41, 5.74) is 5.34. The molecule has 3 rings (SSSR count). The number of hydrogen-bond acceptors (Lipinski definition) is 9. The quantitative estimate of drug-likeness (QED) is 0.350. The second-order valence-electron chi connectivity index (χ2n) is 10.2. The van der Waals surface area contributed by atoms with Gasteiger partial charge in [0.2, 0.25) is 5.91 Å². The molecule has 0 aromatic heterocycles. The van der Waals surface area contributed by atoms with Crippen LogP contribution in [0.15, 0.2) is 6.07 Å². The van der Waals surface area contributed by atoms with Gasteiger partial charge in [0.05, 0.1) is 12.2 Å². The molecule has 0 spiro atoms. The van der Waals surface area contributed by atoms with Crippen LogP contribution in [0.1, 0.15) is 54.6 Å². The number of carbonyl (C=O) groups is 4. The number of phenols is 1. The normalized spacial score (nSPS) is 26.3. The lowest BCUT2D eigenvalue weighted by molar-refractivity contribution is -0.167. The number of hydrogen-bond donors (Lipinski definition) is 4. The number of fused-ring (bicyclic) bond motifs is 1. The highest BCUT2D eigenvalue weighted by atomic mass is 16.3. The fraction of sp³-hybridized carbons (Fsp3) is 0.615. The molecule has 2 aliphatic carbocycles. The number of nitrogens with two attached hydrogens (primary N) is 1. The van der Waals surface area contributed by atoms with Gasteiger partial charge in [-0.15, -0.1) is 0 Å². The van der Waals surface area contributed by atoms with Gasteiger partial charge in [-0.2, -0.15) is 0 Å². The average molecular weight is 504 g/mol. The van der Waals surface area contributed by atoms with Gasteiger partial charge in [0, 0.05) is 50.7 Å². The van der Waals surface area contributed by atoms with Crippen LogP contribution in [0.25, 0.3) is 0 Å². The molecule has 198 valence electrons. The van der Waals surface area contributed by atoms with Gasteiger partial charge in [-0.25, -0.2) is 0 Å². The summed E-state index contributed by atoms with van der Waals surface area (Å²) in [5.74, 6) is -6.29. The summed E-state index contributed by atoms with van der Waals surface area (Å²) >= 11 is 0. The van der Waals surface area contributed by atoms with Crippen molar-refractivity contribution in [2.24, 2.45) is 23.5 Å². The van der Waals surface area contributed by atoms with Crippen LogP contribution < -0.4 is 10.6 Å². The van der Waals surface area contributed by atoms with Gasteiger partial charge in [-0.05, 0) is 43.5 Å². The largest absolute Gasteiger partial charge is 0.507 e. The Labute approximate surface area is 211 Å². The molecule has 10 heteroatoms. The van der Waals surface area contributed by atoms with Gasteiger partial charge in [-0.3, -0.25) is 24.1 Å². The number of aliphatic hydroxyl groups excluding tert-OH is 1. The minimum atomic E-state index is -2.29. The summed E-state index contributed by atoms with van der Waals surface area (Å²) in [6.07, 6.45) is 0.248. The van der Waals surface area contributed by atoms with Crippen LogP contribution in [0.5, 0.6) is 5.75 Å². The first-order valence-electron chi connectivity index (χ1n) is 12.4. The first-order valence-corrected chi connectivity index (χ1v) is 12.4. The van der Waals surface area contributed by atoms with Crippen molar-refractivity contribution < 1.29 is 34.5 Å². The number of anilines is 1. The zero-order valence-electron chi connectivity index (χ0n) is 21.4. The number of Topliss-reactive ketones (excluding diaryl/α,β-unsaturated/α-hetero) is 3. The lowest BCUT2D eigenvalue weighted by Crippen LogP contribution is -2.60. The van der Waals surface area contributed by atoms with E-state index in [0.29, 0.717) is 29.7 Å². The molecule has 1 fully saturated rings. The summed E-state index contributed by atoms with van der Waals surface area (Å²) in [5, 5.41) is 31.9. The number of aromatic hydroxyl groups is 1. The van der Waals surface area contributed by atoms with Crippen LogP contribution in [-0.2, 0) is 27.3 Å². The number of nitrogens with zero attached hydrogens (tertiary/aromatic N) is 2. The molecule has 1 amide bonds. The Bertz CT molecular complexity index is 1070. The number of benzene rings is 1. The number of phenolic OH excluding ortho intramolecular Hbond substituents is 1. The third-order valence-corrected chi connectivity index (χ3v) is 7.76. The maximum Gasteiger partial charge on any atom is 0.235 e. The number of amides is 1. The molecule has 0 aliphatic heterocycles. The van der Waals surface area contributed by atoms with Gasteiger partial charge in [0.1, 0.15) is 11.4 Å². The highest BCUT2D eigenvalue weighted by Crippen LogP contribution is 2.44. The molecule has 1 unspecified atom stereocenters. The van der Waals surface area contributed by atoms with E-state index in [1.807, 2.05) is 38.9 Å². The Morgan fingerprint density at radius 3 is 2.31 bits per heavy atom. The van der Waals surface area contributed by atoms with E-state index >= 15 is 0 Å². The Morgan fingerprint density at radius 2 is 1.78 bits per heavy atom. The van der Waals surface area contributed by atoms with Crippen LogP contribution in [0.4, 0.5) is 5.69 Å². The van der Waals surface area contributed by atoms with E-state index < -0.39 is 41.5 Å². The molecule has 0 radical (unpaired) electrons. The Morgan fingerprint density at radius 1 is 1.14 bits per heavy atom. The van der Waals surface area contributed by atoms with E-state index in [0.717, 1.165) is 18.8 Å². The molecule has 0 heterocycles. The minimum Gasteiger partial charge on any atom is -0.507 e. The van der Waals surface area contributed by atoms with Crippen molar-refractivity contribution >= 4 is 28.9 Å². The summed E-state index contributed by atoms with van der Waals surface area (Å²) in [7, 11) is 3.71. The predicted molar refractivity (Wildman–Crippen MR) is 133 cm³/mol. The number of ketones is 3. The Kier molecular flexibility index (Phi) is 8.22. The summed E-state index contributed by atoms with van der Waals surface area (Å²) < 4.78 is 0. The smallest absolute Gasteiger partial charge is 0.235 e. The van der Waals surface area contributed by atoms with Crippen molar-refractivity contribution in [2.45, 2.75) is 51.7 Å². The van der Waals surface area contributed by atoms with Crippen LogP contribution in [0.3, 0.4) is 0 Å². The standard InChI is InChI=1S/C26H37N3O7/c1-5-29(6-2)12-15-10-18(28(3)4)17-8-14(9-19(31)21(17)23(15)33)7-16-11-20(32)22(25(27)35)24(34)26(16,36)13-30/h10,14,16,22,30,33,36H,5-9,11-13H2,1-4H3,(H2,27,35)/t14-,16+,22?,26-/m1/s1. The number of primary amides is 1. The van der Waals surface area contributed by atoms with Gasteiger partial charge in [0.25, 0.3) is 0 Å². The van der Waals surface area contributed by atoms with Crippen molar-refractivity contribution in [1.82, 2.24) is 4.90 Å². The molecular weight excluding hydrogens is 466 g/mol. The lowest BCUT2D eigenvalue weighted by Gasteiger charge is -2.41. The van der Waals surface area contributed by atoms with E-state index in [2.05, 4.69) is 4.90 Å². The highest BCUT2D eigenvalue weighted by molar-refractivity contribution is 6.22. The fourth-order valence-corrected chi connectivity index (χ4v) is 5.66. The van der Waals surface area contributed by atoms with Crippen molar-refractivity contribution in [3.63, 3.8) is 0 Å². The Hall–Kier alpha value is -2.82. The zero-order valence-corrected chi connectivity index (χ0v) is 21.4. The molecule has 1 aromatic carbocycles. The van der Waals surface area contributed by atoms with Crippen LogP contribution in [-0.4, -0.2) is 82.9 Å². The van der Waals surface area contributed by atoms with E-state index in [-0.39, 0.29) is 36.7 Å². The fourth-order valence-electron chi connectivity index (χ4n) is 5.66. The first-order chi connectivity index (χ1) is 16.9. The van der Waals surface area contributed by atoms with Gasteiger partial charge in [0.15, 0.2) is 23.3 Å². The van der Waals surface area contributed by atoms with Crippen molar-refractivity contribution in [3.8, 4) is 5.75 Å². The number of aliphatic hydroxyl groups is 2. The van der Waals surface area contributed by atoms with E-state index in [9.17, 15) is 34.5 Å². The maximum absolute atomic E-state index is 13.3. The predicted octanol–water partition coefficient (Wildman–Crippen LogP) is 0.418. The third kappa shape index (κ3) is 4.89. The molecule has 0 saturated heterocycles. The maximum atomic E-state index is 13.3. The molecule has 10 nitrogen and oxygen atoms in total. The molecule has 0 bridgehead atoms. The molecule has 1 aromatic rings. The van der Waals surface area contributed by atoms with Crippen LogP contribution >= 0.6 is 0 Å². The highest BCUT2D eigenvalue weighted by Gasteiger charge is 2.55. The number of carbonyl (C=O) groups excluding carboxylic acids is 4. The van der Waals surface area contributed by atoms with E-state index in [1.54, 1.807) is 0 Å². The van der Waals surface area contributed by atoms with Gasteiger partial charge >= 0.3 is 0 Å². The van der Waals surface area contributed by atoms with Crippen molar-refractivity contribution in [1.29, 1.82) is 0 Å². The molecule has 4 atom stereocenters. The van der Waals surface area contributed by atoms with E-state index in [4.69, 9.17) is 5.73 Å². The summed E-state index contributed by atoms with van der Waals surface area (Å²) in [6.45, 7) is 5.19. The molecule has 2 aliphatic rings. The third-order valence-electron chi connectivity index (χ3n) is 7.76. The Balaban J connectivity index is 1.95. The van der Waals surface area contributed by atoms with Crippen LogP contribution in [0.2, 0.25) is 0 Å². The summed E-state index contributed by atoms with van der Waals surface area (Å²) in [4.78, 5) is 54.2. The van der Waals surface area contributed by atoms with Crippen molar-refractivity contribution in [3.05, 3.63) is 22.8 Å². The van der Waals surface area contributed by atoms with Crippen LogP contribution in [0, 0.1) is 17.8 Å². The van der Waals surface area contributed by atoms with Gasteiger partial charge < -0.3 is 26.0 Å². The summed E-state index contributed by atoms with van der Waals surface area (Å²) in [6, 6.07) is 1.89. The minimum absolute atomic E-state index is 0.0230. The second-order valence-corrected chi connectivity index (χ2v) is 10.2. The molecule has 36 heavy (non-hydrogen) atoms. The first kappa shape index (κ1) is 27.8. The second kappa shape index (κ2) is 10.7. The lowest BCUT2D eigenvalue weighted by atomic mass is 9.65. The average Bonchev–Trinajstić information content (AvgIpc) is 2.81.